The molecule has 0 bridgehead atoms. The molecule has 0 radical (unpaired) electrons. The Balaban J connectivity index is 2.58. The normalized spacial score (nSPS) is 13.2. The van der Waals surface area contributed by atoms with Gasteiger partial charge in [-0.3, -0.25) is 4.79 Å². The fourth-order valence-corrected chi connectivity index (χ4v) is 3.22. The number of nitrogens with one attached hydrogen (secondary N) is 1. The topological polar surface area (TPSA) is 29.1 Å². The SMILES string of the molecule is CC(C)(C)CC(Br)CNC(=O)c1cc(Cl)ccc1Cl. The minimum atomic E-state index is -0.203. The van der Waals surface area contributed by atoms with Crippen molar-refractivity contribution in [3.63, 3.8) is 0 Å². The van der Waals surface area contributed by atoms with Gasteiger partial charge in [-0.15, -0.1) is 0 Å². The van der Waals surface area contributed by atoms with Gasteiger partial charge >= 0.3 is 0 Å². The van der Waals surface area contributed by atoms with Gasteiger partial charge in [-0.25, -0.2) is 0 Å². The molecule has 0 aliphatic rings. The van der Waals surface area contributed by atoms with E-state index in [1.807, 2.05) is 0 Å². The monoisotopic (exact) mass is 365 g/mol. The van der Waals surface area contributed by atoms with Crippen LogP contribution in [0.3, 0.4) is 0 Å². The molecule has 1 rings (SSSR count). The van der Waals surface area contributed by atoms with E-state index in [4.69, 9.17) is 23.2 Å². The van der Waals surface area contributed by atoms with Gasteiger partial charge in [0, 0.05) is 16.4 Å². The molecular formula is C14H18BrCl2NO. The lowest BCUT2D eigenvalue weighted by Crippen LogP contribution is -2.31. The van der Waals surface area contributed by atoms with E-state index in [2.05, 4.69) is 42.0 Å². The molecule has 19 heavy (non-hydrogen) atoms. The lowest BCUT2D eigenvalue weighted by atomic mass is 9.90. The van der Waals surface area contributed by atoms with Crippen molar-refractivity contribution in [1.82, 2.24) is 5.32 Å². The van der Waals surface area contributed by atoms with Gasteiger partial charge in [0.05, 0.1) is 10.6 Å². The summed E-state index contributed by atoms with van der Waals surface area (Å²) in [7, 11) is 0. The van der Waals surface area contributed by atoms with Crippen LogP contribution in [-0.2, 0) is 0 Å². The summed E-state index contributed by atoms with van der Waals surface area (Å²) in [6.07, 6.45) is 0.969. The summed E-state index contributed by atoms with van der Waals surface area (Å²) < 4.78 is 0. The van der Waals surface area contributed by atoms with Crippen LogP contribution >= 0.6 is 39.1 Å². The van der Waals surface area contributed by atoms with E-state index in [0.29, 0.717) is 22.2 Å². The van der Waals surface area contributed by atoms with Crippen LogP contribution < -0.4 is 5.32 Å². The molecule has 1 aromatic rings. The predicted octanol–water partition coefficient (Wildman–Crippen LogP) is 4.92. The number of alkyl halides is 1. The molecular weight excluding hydrogens is 349 g/mol. The summed E-state index contributed by atoms with van der Waals surface area (Å²) in [4.78, 5) is 12.2. The number of amides is 1. The van der Waals surface area contributed by atoms with Crippen LogP contribution in [0.25, 0.3) is 0 Å². The second-order valence-corrected chi connectivity index (χ2v) is 7.83. The van der Waals surface area contributed by atoms with Gasteiger partial charge in [-0.05, 0) is 30.0 Å². The Morgan fingerprint density at radius 1 is 1.37 bits per heavy atom. The third-order valence-corrected chi connectivity index (χ3v) is 3.70. The highest BCUT2D eigenvalue weighted by molar-refractivity contribution is 9.09. The summed E-state index contributed by atoms with van der Waals surface area (Å²) in [6.45, 7) is 7.05. The smallest absolute Gasteiger partial charge is 0.252 e. The fourth-order valence-electron chi connectivity index (χ4n) is 1.71. The maximum atomic E-state index is 12.0. The minimum Gasteiger partial charge on any atom is -0.351 e. The Kier molecular flexibility index (Phi) is 6.15. The number of halogens is 3. The van der Waals surface area contributed by atoms with Crippen LogP contribution in [0.2, 0.25) is 10.0 Å². The molecule has 106 valence electrons. The maximum Gasteiger partial charge on any atom is 0.252 e. The molecule has 0 heterocycles. The number of benzene rings is 1. The molecule has 0 aliphatic heterocycles. The highest BCUT2D eigenvalue weighted by Gasteiger charge is 2.18. The van der Waals surface area contributed by atoms with Crippen molar-refractivity contribution < 1.29 is 4.79 Å². The highest BCUT2D eigenvalue weighted by Crippen LogP contribution is 2.24. The fraction of sp³-hybridized carbons (Fsp3) is 0.500. The summed E-state index contributed by atoms with van der Waals surface area (Å²) in [6, 6.07) is 4.86. The van der Waals surface area contributed by atoms with E-state index in [1.54, 1.807) is 18.2 Å². The van der Waals surface area contributed by atoms with E-state index in [-0.39, 0.29) is 16.1 Å². The molecule has 1 unspecified atom stereocenters. The predicted molar refractivity (Wildman–Crippen MR) is 85.6 cm³/mol. The lowest BCUT2D eigenvalue weighted by Gasteiger charge is -2.22. The maximum absolute atomic E-state index is 12.0. The molecule has 0 fully saturated rings. The summed E-state index contributed by atoms with van der Waals surface area (Å²) >= 11 is 15.4. The van der Waals surface area contributed by atoms with Crippen molar-refractivity contribution in [3.8, 4) is 0 Å². The minimum absolute atomic E-state index is 0.203. The molecule has 1 aromatic carbocycles. The van der Waals surface area contributed by atoms with Crippen molar-refractivity contribution >= 4 is 45.0 Å². The quantitative estimate of drug-likeness (QED) is 0.752. The zero-order chi connectivity index (χ0) is 14.6. The van der Waals surface area contributed by atoms with Crippen LogP contribution in [0.4, 0.5) is 0 Å². The van der Waals surface area contributed by atoms with E-state index in [9.17, 15) is 4.79 Å². The van der Waals surface area contributed by atoms with Gasteiger partial charge in [-0.2, -0.15) is 0 Å². The zero-order valence-corrected chi connectivity index (χ0v) is 14.4. The molecule has 2 nitrogen and oxygen atoms in total. The zero-order valence-electron chi connectivity index (χ0n) is 11.3. The molecule has 5 heteroatoms. The second-order valence-electron chi connectivity index (χ2n) is 5.70. The van der Waals surface area contributed by atoms with Gasteiger partial charge in [-0.1, -0.05) is 59.9 Å². The lowest BCUT2D eigenvalue weighted by molar-refractivity contribution is 0.0952. The number of carbonyl (C=O) groups excluding carboxylic acids is 1. The average molecular weight is 367 g/mol. The van der Waals surface area contributed by atoms with Crippen molar-refractivity contribution in [1.29, 1.82) is 0 Å². The van der Waals surface area contributed by atoms with E-state index in [0.717, 1.165) is 6.42 Å². The van der Waals surface area contributed by atoms with Crippen molar-refractivity contribution in [2.45, 2.75) is 32.0 Å². The standard InChI is InChI=1S/C14H18BrCl2NO/c1-14(2,3)7-9(15)8-18-13(19)11-6-10(16)4-5-12(11)17/h4-6,9H,7-8H2,1-3H3,(H,18,19). The van der Waals surface area contributed by atoms with Crippen LogP contribution in [0.5, 0.6) is 0 Å². The Labute approximate surface area is 133 Å². The molecule has 1 amide bonds. The number of rotatable bonds is 4. The van der Waals surface area contributed by atoms with Crippen LogP contribution in [-0.4, -0.2) is 17.3 Å². The Hall–Kier alpha value is -0.250. The second kappa shape index (κ2) is 6.96. The first-order valence-corrected chi connectivity index (χ1v) is 7.73. The van der Waals surface area contributed by atoms with Crippen molar-refractivity contribution in [3.05, 3.63) is 33.8 Å². The third-order valence-electron chi connectivity index (χ3n) is 2.49. The molecule has 0 aromatic heterocycles. The van der Waals surface area contributed by atoms with Gasteiger partial charge in [0.2, 0.25) is 0 Å². The van der Waals surface area contributed by atoms with E-state index in [1.165, 1.54) is 0 Å². The first kappa shape index (κ1) is 16.8. The molecule has 0 saturated carbocycles. The highest BCUT2D eigenvalue weighted by atomic mass is 79.9. The first-order chi connectivity index (χ1) is 8.69. The number of hydrogen-bond acceptors (Lipinski definition) is 1. The van der Waals surface area contributed by atoms with E-state index < -0.39 is 0 Å². The van der Waals surface area contributed by atoms with E-state index >= 15 is 0 Å². The first-order valence-electron chi connectivity index (χ1n) is 6.06. The van der Waals surface area contributed by atoms with Crippen LogP contribution in [0.15, 0.2) is 18.2 Å². The molecule has 0 saturated heterocycles. The van der Waals surface area contributed by atoms with Gasteiger partial charge < -0.3 is 5.32 Å². The van der Waals surface area contributed by atoms with Crippen LogP contribution in [0.1, 0.15) is 37.6 Å². The molecule has 1 atom stereocenters. The largest absolute Gasteiger partial charge is 0.351 e. The van der Waals surface area contributed by atoms with Gasteiger partial charge in [0.15, 0.2) is 0 Å². The molecule has 1 N–H and O–H groups in total. The number of carbonyl (C=O) groups is 1. The van der Waals surface area contributed by atoms with Crippen LogP contribution in [0, 0.1) is 5.41 Å². The summed E-state index contributed by atoms with van der Waals surface area (Å²) in [5.41, 5.74) is 0.622. The van der Waals surface area contributed by atoms with Crippen molar-refractivity contribution in [2.24, 2.45) is 5.41 Å². The molecule has 0 aliphatic carbocycles. The molecule has 0 spiro atoms. The Morgan fingerprint density at radius 3 is 2.58 bits per heavy atom. The third kappa shape index (κ3) is 6.15. The Bertz CT molecular complexity index is 457. The van der Waals surface area contributed by atoms with Crippen molar-refractivity contribution in [2.75, 3.05) is 6.54 Å². The average Bonchev–Trinajstić information content (AvgIpc) is 2.27. The summed E-state index contributed by atoms with van der Waals surface area (Å²) in [5.74, 6) is -0.203. The van der Waals surface area contributed by atoms with Gasteiger partial charge in [0.1, 0.15) is 0 Å². The van der Waals surface area contributed by atoms with Gasteiger partial charge in [0.25, 0.3) is 5.91 Å². The number of hydrogen-bond donors (Lipinski definition) is 1. The Morgan fingerprint density at radius 2 is 2.00 bits per heavy atom. The summed E-state index contributed by atoms with van der Waals surface area (Å²) in [5, 5.41) is 3.77.